The van der Waals surface area contributed by atoms with E-state index in [-0.39, 0.29) is 5.54 Å². The second-order valence-corrected chi connectivity index (χ2v) is 7.27. The smallest absolute Gasteiger partial charge is 0.208 e. The van der Waals surface area contributed by atoms with Gasteiger partial charge in [-0.2, -0.15) is 0 Å². The molecule has 1 aliphatic heterocycles. The molecule has 0 amide bonds. The standard InChI is InChI=1S/C16H19N5S/c1-16(17)5-8-21(9-6-16)15-20-19-14(22-15)12-3-2-11-4-7-18-13(11)10-12/h2-4,7,10,18H,5-6,8-9,17H2,1H3. The van der Waals surface area contributed by atoms with Gasteiger partial charge in [0.25, 0.3) is 0 Å². The molecule has 1 aromatic carbocycles. The van der Waals surface area contributed by atoms with Gasteiger partial charge in [-0.1, -0.05) is 23.5 Å². The molecule has 0 radical (unpaired) electrons. The number of piperidine rings is 1. The average molecular weight is 313 g/mol. The zero-order chi connectivity index (χ0) is 15.2. The Morgan fingerprint density at radius 3 is 2.86 bits per heavy atom. The second-order valence-electron chi connectivity index (χ2n) is 6.31. The molecular weight excluding hydrogens is 294 g/mol. The number of benzene rings is 1. The Morgan fingerprint density at radius 2 is 2.05 bits per heavy atom. The van der Waals surface area contributed by atoms with E-state index in [2.05, 4.69) is 51.3 Å². The molecule has 0 bridgehead atoms. The van der Waals surface area contributed by atoms with E-state index < -0.39 is 0 Å². The molecule has 0 unspecified atom stereocenters. The Balaban J connectivity index is 1.58. The highest BCUT2D eigenvalue weighted by Gasteiger charge is 2.27. The van der Waals surface area contributed by atoms with E-state index in [1.807, 2.05) is 6.20 Å². The van der Waals surface area contributed by atoms with Gasteiger partial charge in [-0.15, -0.1) is 10.2 Å². The highest BCUT2D eigenvalue weighted by molar-refractivity contribution is 7.18. The quantitative estimate of drug-likeness (QED) is 0.763. The first-order valence-corrected chi connectivity index (χ1v) is 8.37. The molecule has 6 heteroatoms. The molecule has 1 aliphatic rings. The SMILES string of the molecule is CC1(N)CCN(c2nnc(-c3ccc4cc[nH]c4c3)s2)CC1. The molecule has 1 fully saturated rings. The predicted molar refractivity (Wildman–Crippen MR) is 91.2 cm³/mol. The first-order chi connectivity index (χ1) is 10.6. The minimum Gasteiger partial charge on any atom is -0.361 e. The summed E-state index contributed by atoms with van der Waals surface area (Å²) in [5.41, 5.74) is 8.40. The molecule has 0 aliphatic carbocycles. The number of nitrogens with one attached hydrogen (secondary N) is 1. The van der Waals surface area contributed by atoms with Gasteiger partial charge in [-0.25, -0.2) is 0 Å². The summed E-state index contributed by atoms with van der Waals surface area (Å²) in [6.07, 6.45) is 3.95. The summed E-state index contributed by atoms with van der Waals surface area (Å²) in [7, 11) is 0. The molecule has 3 heterocycles. The van der Waals surface area contributed by atoms with E-state index in [0.717, 1.165) is 47.2 Å². The molecule has 0 spiro atoms. The lowest BCUT2D eigenvalue weighted by molar-refractivity contribution is 0.364. The van der Waals surface area contributed by atoms with Crippen LogP contribution in [0.4, 0.5) is 5.13 Å². The lowest BCUT2D eigenvalue weighted by Gasteiger charge is -2.36. The number of nitrogens with zero attached hydrogens (tertiary/aromatic N) is 3. The number of aromatic nitrogens is 3. The van der Waals surface area contributed by atoms with Crippen LogP contribution in [0.5, 0.6) is 0 Å². The Labute approximate surface area is 133 Å². The van der Waals surface area contributed by atoms with E-state index in [4.69, 9.17) is 5.73 Å². The van der Waals surface area contributed by atoms with Crippen LogP contribution in [-0.2, 0) is 0 Å². The lowest BCUT2D eigenvalue weighted by atomic mass is 9.91. The van der Waals surface area contributed by atoms with Gasteiger partial charge < -0.3 is 15.6 Å². The summed E-state index contributed by atoms with van der Waals surface area (Å²) in [5, 5.41) is 11.9. The fourth-order valence-electron chi connectivity index (χ4n) is 2.85. The third-order valence-electron chi connectivity index (χ3n) is 4.39. The number of hydrogen-bond donors (Lipinski definition) is 2. The van der Waals surface area contributed by atoms with Gasteiger partial charge in [0.05, 0.1) is 0 Å². The number of anilines is 1. The Kier molecular flexibility index (Phi) is 3.16. The summed E-state index contributed by atoms with van der Waals surface area (Å²) in [4.78, 5) is 5.54. The molecule has 3 aromatic rings. The van der Waals surface area contributed by atoms with E-state index >= 15 is 0 Å². The number of H-pyrrole nitrogens is 1. The molecule has 4 rings (SSSR count). The number of nitrogens with two attached hydrogens (primary N) is 1. The summed E-state index contributed by atoms with van der Waals surface area (Å²) in [5.74, 6) is 0. The molecule has 0 saturated carbocycles. The van der Waals surface area contributed by atoms with Gasteiger partial charge in [0.2, 0.25) is 5.13 Å². The minimum absolute atomic E-state index is 0.0390. The predicted octanol–water partition coefficient (Wildman–Crippen LogP) is 3.00. The number of hydrogen-bond acceptors (Lipinski definition) is 5. The molecule has 3 N–H and O–H groups in total. The molecule has 0 atom stereocenters. The van der Waals surface area contributed by atoms with Crippen LogP contribution in [0.1, 0.15) is 19.8 Å². The maximum Gasteiger partial charge on any atom is 0.208 e. The zero-order valence-corrected chi connectivity index (χ0v) is 13.4. The van der Waals surface area contributed by atoms with Crippen molar-refractivity contribution < 1.29 is 0 Å². The normalized spacial score (nSPS) is 18.0. The number of rotatable bonds is 2. The van der Waals surface area contributed by atoms with Crippen LogP contribution in [0.25, 0.3) is 21.5 Å². The Hall–Kier alpha value is -1.92. The van der Waals surface area contributed by atoms with E-state index in [1.54, 1.807) is 11.3 Å². The van der Waals surface area contributed by atoms with Gasteiger partial charge >= 0.3 is 0 Å². The molecule has 1 saturated heterocycles. The maximum absolute atomic E-state index is 6.19. The summed E-state index contributed by atoms with van der Waals surface area (Å²) in [6.45, 7) is 4.04. The number of aromatic amines is 1. The lowest BCUT2D eigenvalue weighted by Crippen LogP contribution is -2.48. The Morgan fingerprint density at radius 1 is 1.23 bits per heavy atom. The van der Waals surface area contributed by atoms with E-state index in [1.165, 1.54) is 5.39 Å². The van der Waals surface area contributed by atoms with Crippen molar-refractivity contribution in [1.82, 2.24) is 15.2 Å². The van der Waals surface area contributed by atoms with Crippen molar-refractivity contribution in [3.8, 4) is 10.6 Å². The summed E-state index contributed by atoms with van der Waals surface area (Å²) < 4.78 is 0. The Bertz CT molecular complexity index is 794. The van der Waals surface area contributed by atoms with Crippen molar-refractivity contribution in [3.63, 3.8) is 0 Å². The third kappa shape index (κ3) is 2.48. The van der Waals surface area contributed by atoms with Gasteiger partial charge in [0.1, 0.15) is 5.01 Å². The number of fused-ring (bicyclic) bond motifs is 1. The van der Waals surface area contributed by atoms with Gasteiger partial charge in [0.15, 0.2) is 0 Å². The first-order valence-electron chi connectivity index (χ1n) is 7.56. The third-order valence-corrected chi connectivity index (χ3v) is 5.43. The van der Waals surface area contributed by atoms with Gasteiger partial charge in [-0.05, 0) is 37.3 Å². The largest absolute Gasteiger partial charge is 0.361 e. The first kappa shape index (κ1) is 13.7. The molecular formula is C16H19N5S. The van der Waals surface area contributed by atoms with E-state index in [9.17, 15) is 0 Å². The fourth-order valence-corrected chi connectivity index (χ4v) is 3.74. The fraction of sp³-hybridized carbons (Fsp3) is 0.375. The minimum atomic E-state index is -0.0390. The highest BCUT2D eigenvalue weighted by atomic mass is 32.1. The van der Waals surface area contributed by atoms with Gasteiger partial charge in [0, 0.05) is 35.9 Å². The van der Waals surface area contributed by atoms with Crippen LogP contribution in [-0.4, -0.2) is 33.8 Å². The van der Waals surface area contributed by atoms with Crippen LogP contribution in [0, 0.1) is 0 Å². The maximum atomic E-state index is 6.19. The van der Waals surface area contributed by atoms with Crippen LogP contribution in [0.2, 0.25) is 0 Å². The van der Waals surface area contributed by atoms with Crippen LogP contribution in [0.3, 0.4) is 0 Å². The summed E-state index contributed by atoms with van der Waals surface area (Å²) >= 11 is 1.65. The van der Waals surface area contributed by atoms with Crippen LogP contribution >= 0.6 is 11.3 Å². The average Bonchev–Trinajstić information content (AvgIpc) is 3.15. The second kappa shape index (κ2) is 5.07. The van der Waals surface area contributed by atoms with Crippen LogP contribution < -0.4 is 10.6 Å². The van der Waals surface area contributed by atoms with Crippen molar-refractivity contribution in [2.45, 2.75) is 25.3 Å². The molecule has 114 valence electrons. The molecule has 5 nitrogen and oxygen atoms in total. The van der Waals surface area contributed by atoms with Crippen molar-refractivity contribution >= 4 is 27.4 Å². The topological polar surface area (TPSA) is 70.8 Å². The molecule has 22 heavy (non-hydrogen) atoms. The van der Waals surface area contributed by atoms with Crippen molar-refractivity contribution in [2.75, 3.05) is 18.0 Å². The van der Waals surface area contributed by atoms with E-state index in [0.29, 0.717) is 0 Å². The van der Waals surface area contributed by atoms with Gasteiger partial charge in [-0.3, -0.25) is 0 Å². The van der Waals surface area contributed by atoms with Crippen molar-refractivity contribution in [3.05, 3.63) is 30.5 Å². The van der Waals surface area contributed by atoms with Crippen LogP contribution in [0.15, 0.2) is 30.5 Å². The molecule has 2 aromatic heterocycles. The van der Waals surface area contributed by atoms with Crippen molar-refractivity contribution in [2.24, 2.45) is 5.73 Å². The summed E-state index contributed by atoms with van der Waals surface area (Å²) in [6, 6.07) is 8.42. The monoisotopic (exact) mass is 313 g/mol. The van der Waals surface area contributed by atoms with Crippen molar-refractivity contribution in [1.29, 1.82) is 0 Å². The highest BCUT2D eigenvalue weighted by Crippen LogP contribution is 2.32. The zero-order valence-electron chi connectivity index (χ0n) is 12.5.